The van der Waals surface area contributed by atoms with Crippen LogP contribution < -0.4 is 20.5 Å². The zero-order valence-electron chi connectivity index (χ0n) is 18.7. The molecule has 9 heteroatoms. The number of aromatic nitrogens is 1. The van der Waals surface area contributed by atoms with Gasteiger partial charge in [0.25, 0.3) is 5.91 Å². The summed E-state index contributed by atoms with van der Waals surface area (Å²) in [6.45, 7) is 3.93. The van der Waals surface area contributed by atoms with Gasteiger partial charge >= 0.3 is 6.16 Å². The van der Waals surface area contributed by atoms with E-state index >= 15 is 0 Å². The van der Waals surface area contributed by atoms with Gasteiger partial charge in [0, 0.05) is 27.8 Å². The van der Waals surface area contributed by atoms with Crippen LogP contribution >= 0.6 is 11.3 Å². The van der Waals surface area contributed by atoms with Gasteiger partial charge in [-0.15, -0.1) is 11.3 Å². The van der Waals surface area contributed by atoms with Crippen LogP contribution in [0.25, 0.3) is 10.1 Å². The Kier molecular flexibility index (Phi) is 6.93. The summed E-state index contributed by atoms with van der Waals surface area (Å²) in [4.78, 5) is 28.7. The molecule has 2 heterocycles. The van der Waals surface area contributed by atoms with Crippen LogP contribution in [0, 0.1) is 6.92 Å². The SMILES string of the molecule is CCOC(=O)Oc1cnc(N)c2c(COc3cccc(C(=O)Nc4ccccc4)c3C)csc12. The highest BCUT2D eigenvalue weighted by molar-refractivity contribution is 7.17. The van der Waals surface area contributed by atoms with Gasteiger partial charge in [-0.05, 0) is 43.5 Å². The number of carbonyl (C=O) groups is 2. The van der Waals surface area contributed by atoms with Gasteiger partial charge in [-0.1, -0.05) is 24.3 Å². The van der Waals surface area contributed by atoms with E-state index in [4.69, 9.17) is 19.9 Å². The Bertz CT molecular complexity index is 1340. The van der Waals surface area contributed by atoms with Crippen molar-refractivity contribution in [3.05, 3.63) is 76.8 Å². The number of benzene rings is 2. The van der Waals surface area contributed by atoms with Crippen LogP contribution in [0.1, 0.15) is 28.4 Å². The molecule has 0 radical (unpaired) electrons. The van der Waals surface area contributed by atoms with Gasteiger partial charge in [0.05, 0.1) is 17.5 Å². The fourth-order valence-electron chi connectivity index (χ4n) is 3.42. The molecular formula is C25H23N3O5S. The Labute approximate surface area is 200 Å². The molecule has 4 aromatic rings. The van der Waals surface area contributed by atoms with Crippen molar-refractivity contribution in [2.75, 3.05) is 17.7 Å². The summed E-state index contributed by atoms with van der Waals surface area (Å²) in [7, 11) is 0. The number of pyridine rings is 1. The molecule has 0 aliphatic rings. The largest absolute Gasteiger partial charge is 0.513 e. The van der Waals surface area contributed by atoms with Gasteiger partial charge in [-0.25, -0.2) is 9.78 Å². The lowest BCUT2D eigenvalue weighted by Gasteiger charge is -2.13. The number of amides is 1. The molecule has 2 aromatic carbocycles. The van der Waals surface area contributed by atoms with Gasteiger partial charge < -0.3 is 25.3 Å². The molecule has 3 N–H and O–H groups in total. The Morgan fingerprint density at radius 3 is 2.65 bits per heavy atom. The third-order valence-corrected chi connectivity index (χ3v) is 6.11. The number of rotatable bonds is 7. The maximum Gasteiger partial charge on any atom is 0.513 e. The number of thiophene rings is 1. The molecule has 0 saturated heterocycles. The topological polar surface area (TPSA) is 113 Å². The molecular weight excluding hydrogens is 454 g/mol. The van der Waals surface area contributed by atoms with Crippen LogP contribution in [-0.4, -0.2) is 23.7 Å². The molecule has 0 spiro atoms. The van der Waals surface area contributed by atoms with Crippen molar-refractivity contribution >= 4 is 45.0 Å². The second kappa shape index (κ2) is 10.2. The van der Waals surface area contributed by atoms with Crippen molar-refractivity contribution in [2.24, 2.45) is 0 Å². The molecule has 34 heavy (non-hydrogen) atoms. The number of nitrogen functional groups attached to an aromatic ring is 1. The Morgan fingerprint density at radius 2 is 1.88 bits per heavy atom. The highest BCUT2D eigenvalue weighted by atomic mass is 32.1. The van der Waals surface area contributed by atoms with Crippen LogP contribution in [0.3, 0.4) is 0 Å². The summed E-state index contributed by atoms with van der Waals surface area (Å²) < 4.78 is 16.8. The van der Waals surface area contributed by atoms with Crippen molar-refractivity contribution in [3.8, 4) is 11.5 Å². The van der Waals surface area contributed by atoms with Crippen LogP contribution in [0.2, 0.25) is 0 Å². The first kappa shape index (κ1) is 23.1. The van der Waals surface area contributed by atoms with Crippen molar-refractivity contribution in [2.45, 2.75) is 20.5 Å². The van der Waals surface area contributed by atoms with Gasteiger partial charge in [0.2, 0.25) is 0 Å². The van der Waals surface area contributed by atoms with E-state index < -0.39 is 6.16 Å². The third-order valence-electron chi connectivity index (χ3n) is 5.07. The first-order chi connectivity index (χ1) is 16.5. The average Bonchev–Trinajstić information content (AvgIpc) is 3.26. The lowest BCUT2D eigenvalue weighted by Crippen LogP contribution is -2.14. The molecule has 1 amide bonds. The zero-order valence-corrected chi connectivity index (χ0v) is 19.5. The minimum Gasteiger partial charge on any atom is -0.489 e. The molecule has 0 atom stereocenters. The number of hydrogen-bond donors (Lipinski definition) is 2. The number of ether oxygens (including phenoxy) is 3. The Morgan fingerprint density at radius 1 is 1.09 bits per heavy atom. The van der Waals surface area contributed by atoms with Crippen LogP contribution in [-0.2, 0) is 11.3 Å². The summed E-state index contributed by atoms with van der Waals surface area (Å²) in [5.74, 6) is 0.934. The van der Waals surface area contributed by atoms with Crippen molar-refractivity contribution in [1.29, 1.82) is 0 Å². The fourth-order valence-corrected chi connectivity index (χ4v) is 4.43. The molecule has 0 saturated carbocycles. The molecule has 0 bridgehead atoms. The van der Waals surface area contributed by atoms with Gasteiger partial charge in [-0.2, -0.15) is 0 Å². The number of anilines is 2. The highest BCUT2D eigenvalue weighted by Crippen LogP contribution is 2.37. The first-order valence-corrected chi connectivity index (χ1v) is 11.4. The Balaban J connectivity index is 1.54. The van der Waals surface area contributed by atoms with Crippen molar-refractivity contribution in [1.82, 2.24) is 4.98 Å². The number of para-hydroxylation sites is 1. The van der Waals surface area contributed by atoms with E-state index in [1.165, 1.54) is 17.5 Å². The predicted octanol–water partition coefficient (Wildman–Crippen LogP) is 5.55. The average molecular weight is 478 g/mol. The number of carbonyl (C=O) groups excluding carboxylic acids is 2. The van der Waals surface area contributed by atoms with E-state index in [1.54, 1.807) is 25.1 Å². The van der Waals surface area contributed by atoms with Crippen molar-refractivity contribution < 1.29 is 23.8 Å². The van der Waals surface area contributed by atoms with Gasteiger partial charge in [0.1, 0.15) is 18.2 Å². The van der Waals surface area contributed by atoms with E-state index in [9.17, 15) is 9.59 Å². The number of nitrogens with one attached hydrogen (secondary N) is 1. The second-order valence-electron chi connectivity index (χ2n) is 7.30. The van der Waals surface area contributed by atoms with E-state index in [1.807, 2.05) is 42.6 Å². The first-order valence-electron chi connectivity index (χ1n) is 10.6. The molecule has 0 unspecified atom stereocenters. The summed E-state index contributed by atoms with van der Waals surface area (Å²) in [6, 6.07) is 14.6. The number of nitrogens with zero attached hydrogens (tertiary/aromatic N) is 1. The molecule has 8 nitrogen and oxygen atoms in total. The predicted molar refractivity (Wildman–Crippen MR) is 132 cm³/mol. The molecule has 174 valence electrons. The lowest BCUT2D eigenvalue weighted by atomic mass is 10.1. The minimum atomic E-state index is -0.803. The van der Waals surface area contributed by atoms with E-state index in [-0.39, 0.29) is 24.9 Å². The fraction of sp³-hybridized carbons (Fsp3) is 0.160. The Hall–Kier alpha value is -4.11. The normalized spacial score (nSPS) is 10.6. The van der Waals surface area contributed by atoms with Crippen LogP contribution in [0.4, 0.5) is 16.3 Å². The zero-order chi connectivity index (χ0) is 24.1. The number of hydrogen-bond acceptors (Lipinski definition) is 8. The lowest BCUT2D eigenvalue weighted by molar-refractivity contribution is 0.102. The van der Waals surface area contributed by atoms with Gasteiger partial charge in [0.15, 0.2) is 5.75 Å². The summed E-state index contributed by atoms with van der Waals surface area (Å²) in [6.07, 6.45) is 0.595. The molecule has 2 aromatic heterocycles. The highest BCUT2D eigenvalue weighted by Gasteiger charge is 2.18. The standard InChI is InChI=1S/C25H23N3O5S/c1-3-31-25(30)33-20-12-27-23(26)21-16(14-34-22(20)21)13-32-19-11-7-10-18(15(19)2)24(29)28-17-8-5-4-6-9-17/h4-12,14H,3,13H2,1-2H3,(H2,26,27)(H,28,29). The van der Waals surface area contributed by atoms with Crippen LogP contribution in [0.15, 0.2) is 60.1 Å². The minimum absolute atomic E-state index is 0.194. The maximum absolute atomic E-state index is 12.8. The molecule has 0 fully saturated rings. The summed E-state index contributed by atoms with van der Waals surface area (Å²) >= 11 is 1.37. The monoisotopic (exact) mass is 477 g/mol. The third kappa shape index (κ3) is 4.94. The molecule has 0 aliphatic heterocycles. The summed E-state index contributed by atoms with van der Waals surface area (Å²) in [5.41, 5.74) is 8.85. The van der Waals surface area contributed by atoms with E-state index in [2.05, 4.69) is 10.3 Å². The maximum atomic E-state index is 12.8. The van der Waals surface area contributed by atoms with Crippen LogP contribution in [0.5, 0.6) is 11.5 Å². The van der Waals surface area contributed by atoms with E-state index in [0.717, 1.165) is 5.56 Å². The van der Waals surface area contributed by atoms with E-state index in [0.29, 0.717) is 38.5 Å². The molecule has 4 rings (SSSR count). The summed E-state index contributed by atoms with van der Waals surface area (Å²) in [5, 5.41) is 5.42. The quantitative estimate of drug-likeness (QED) is 0.335. The number of fused-ring (bicyclic) bond motifs is 1. The van der Waals surface area contributed by atoms with Gasteiger partial charge in [-0.3, -0.25) is 4.79 Å². The second-order valence-corrected chi connectivity index (χ2v) is 8.18. The van der Waals surface area contributed by atoms with Crippen molar-refractivity contribution in [3.63, 3.8) is 0 Å². The molecule has 0 aliphatic carbocycles. The smallest absolute Gasteiger partial charge is 0.489 e. The number of nitrogens with two attached hydrogens (primary N) is 1.